The fourth-order valence-electron chi connectivity index (χ4n) is 6.20. The van der Waals surface area contributed by atoms with Crippen LogP contribution in [0.2, 0.25) is 0 Å². The highest BCUT2D eigenvalue weighted by Gasteiger charge is 2.53. The van der Waals surface area contributed by atoms with Crippen LogP contribution in [0.4, 0.5) is 8.78 Å². The van der Waals surface area contributed by atoms with E-state index in [1.807, 2.05) is 0 Å². The van der Waals surface area contributed by atoms with Crippen LogP contribution in [0.5, 0.6) is 0 Å². The minimum Gasteiger partial charge on any atom is -0.353 e. The molecule has 4 bridgehead atoms. The van der Waals surface area contributed by atoms with Crippen molar-refractivity contribution < 1.29 is 22.0 Å². The van der Waals surface area contributed by atoms with E-state index in [4.69, 9.17) is 0 Å². The second kappa shape index (κ2) is 7.61. The fourth-order valence-corrected chi connectivity index (χ4v) is 7.24. The van der Waals surface area contributed by atoms with Crippen LogP contribution < -0.4 is 10.0 Å². The predicted molar refractivity (Wildman–Crippen MR) is 104 cm³/mol. The maximum absolute atomic E-state index is 13.3. The molecule has 0 heterocycles. The molecule has 0 spiro atoms. The van der Waals surface area contributed by atoms with Crippen LogP contribution >= 0.6 is 0 Å². The van der Waals surface area contributed by atoms with E-state index >= 15 is 0 Å². The molecular weight excluding hydrogens is 398 g/mol. The van der Waals surface area contributed by atoms with E-state index in [2.05, 4.69) is 17.0 Å². The van der Waals surface area contributed by atoms with Gasteiger partial charge in [-0.2, -0.15) is 0 Å². The lowest BCUT2D eigenvalue weighted by Gasteiger charge is -2.59. The summed E-state index contributed by atoms with van der Waals surface area (Å²) in [6.07, 6.45) is 7.57. The van der Waals surface area contributed by atoms with Gasteiger partial charge in [-0.05, 0) is 86.8 Å². The predicted octanol–water partition coefficient (Wildman–Crippen LogP) is 3.35. The summed E-state index contributed by atoms with van der Waals surface area (Å²) in [7, 11) is -4.00. The average molecular weight is 427 g/mol. The zero-order chi connectivity index (χ0) is 20.8. The topological polar surface area (TPSA) is 75.3 Å². The van der Waals surface area contributed by atoms with Gasteiger partial charge < -0.3 is 5.32 Å². The summed E-state index contributed by atoms with van der Waals surface area (Å²) in [5.74, 6) is -0.145. The second-order valence-electron chi connectivity index (χ2n) is 9.29. The number of carbonyl (C=O) groups is 1. The Morgan fingerprint density at radius 3 is 2.24 bits per heavy atom. The van der Waals surface area contributed by atoms with Gasteiger partial charge in [-0.25, -0.2) is 21.9 Å². The van der Waals surface area contributed by atoms with E-state index in [1.165, 1.54) is 38.5 Å². The largest absolute Gasteiger partial charge is 0.353 e. The summed E-state index contributed by atoms with van der Waals surface area (Å²) in [4.78, 5) is 12.0. The van der Waals surface area contributed by atoms with Crippen LogP contribution in [-0.4, -0.2) is 26.9 Å². The van der Waals surface area contributed by atoms with E-state index in [-0.39, 0.29) is 35.2 Å². The molecule has 0 aromatic heterocycles. The normalized spacial score (nSPS) is 31.6. The molecule has 1 amide bonds. The van der Waals surface area contributed by atoms with E-state index < -0.39 is 21.7 Å². The highest BCUT2D eigenvalue weighted by molar-refractivity contribution is 7.89. The first-order valence-electron chi connectivity index (χ1n) is 10.4. The number of nitrogens with one attached hydrogen (secondary N) is 2. The van der Waals surface area contributed by atoms with Gasteiger partial charge in [-0.1, -0.05) is 0 Å². The smallest absolute Gasteiger partial charge is 0.240 e. The first-order chi connectivity index (χ1) is 13.7. The Bertz CT molecular complexity index is 868. The molecule has 4 fully saturated rings. The fraction of sp³-hybridized carbons (Fsp3) is 0.667. The van der Waals surface area contributed by atoms with E-state index in [1.54, 1.807) is 0 Å². The van der Waals surface area contributed by atoms with Gasteiger partial charge in [0, 0.05) is 19.0 Å². The van der Waals surface area contributed by atoms with Gasteiger partial charge in [-0.3, -0.25) is 4.79 Å². The summed E-state index contributed by atoms with van der Waals surface area (Å²) in [6.45, 7) is 1.98. The monoisotopic (exact) mass is 426 g/mol. The van der Waals surface area contributed by atoms with Crippen LogP contribution in [0, 0.1) is 34.8 Å². The number of rotatable bonds is 7. The van der Waals surface area contributed by atoms with Crippen molar-refractivity contribution in [3.8, 4) is 0 Å². The molecule has 1 unspecified atom stereocenters. The second-order valence-corrected chi connectivity index (χ2v) is 11.1. The van der Waals surface area contributed by atoms with Crippen LogP contribution in [0.1, 0.15) is 51.9 Å². The van der Waals surface area contributed by atoms with Gasteiger partial charge in [0.15, 0.2) is 11.6 Å². The molecule has 5 rings (SSSR count). The highest BCUT2D eigenvalue weighted by Crippen LogP contribution is 2.61. The molecule has 29 heavy (non-hydrogen) atoms. The van der Waals surface area contributed by atoms with Crippen molar-refractivity contribution in [2.24, 2.45) is 23.2 Å². The van der Waals surface area contributed by atoms with Gasteiger partial charge >= 0.3 is 0 Å². The molecule has 0 saturated heterocycles. The van der Waals surface area contributed by atoms with Crippen molar-refractivity contribution in [3.63, 3.8) is 0 Å². The summed E-state index contributed by atoms with van der Waals surface area (Å²) in [6, 6.07) is 2.47. The van der Waals surface area contributed by atoms with Gasteiger partial charge in [0.2, 0.25) is 15.9 Å². The number of benzene rings is 1. The molecule has 1 aromatic rings. The molecule has 4 aliphatic carbocycles. The zero-order valence-electron chi connectivity index (χ0n) is 16.6. The van der Waals surface area contributed by atoms with Crippen LogP contribution in [0.25, 0.3) is 0 Å². The lowest BCUT2D eigenvalue weighted by Crippen LogP contribution is -2.56. The van der Waals surface area contributed by atoms with Crippen molar-refractivity contribution in [1.82, 2.24) is 10.0 Å². The van der Waals surface area contributed by atoms with Gasteiger partial charge in [0.25, 0.3) is 0 Å². The standard InChI is InChI=1S/C21H28F2N2O3S/c1-13(21-10-14-6-15(11-21)8-16(7-14)12-21)25-20(26)4-5-24-29(27,28)17-2-3-18(22)19(23)9-17/h2-3,9,13-16,24H,4-8,10-12H2,1H3,(H,25,26). The van der Waals surface area contributed by atoms with E-state index in [0.29, 0.717) is 6.07 Å². The van der Waals surface area contributed by atoms with Crippen molar-refractivity contribution >= 4 is 15.9 Å². The maximum Gasteiger partial charge on any atom is 0.240 e. The molecule has 1 aromatic carbocycles. The van der Waals surface area contributed by atoms with Crippen molar-refractivity contribution in [2.45, 2.75) is 62.8 Å². The SMILES string of the molecule is CC(NC(=O)CCNS(=O)(=O)c1ccc(F)c(F)c1)C12CC3CC(CC(C3)C1)C2. The molecule has 0 aliphatic heterocycles. The summed E-state index contributed by atoms with van der Waals surface area (Å²) in [5, 5.41) is 3.10. The number of amides is 1. The Labute approximate surface area is 170 Å². The Kier molecular flexibility index (Phi) is 5.44. The number of carbonyl (C=O) groups excluding carboxylic acids is 1. The molecule has 4 aliphatic rings. The lowest BCUT2D eigenvalue weighted by atomic mass is 9.48. The van der Waals surface area contributed by atoms with E-state index in [9.17, 15) is 22.0 Å². The molecule has 8 heteroatoms. The third-order valence-corrected chi connectivity index (χ3v) is 8.69. The number of sulfonamides is 1. The summed E-state index contributed by atoms with van der Waals surface area (Å²) >= 11 is 0. The van der Waals surface area contributed by atoms with Crippen LogP contribution in [0.3, 0.4) is 0 Å². The lowest BCUT2D eigenvalue weighted by molar-refractivity contribution is -0.125. The average Bonchev–Trinajstić information content (AvgIpc) is 2.62. The summed E-state index contributed by atoms with van der Waals surface area (Å²) < 4.78 is 53.0. The Balaban J connectivity index is 1.29. The minimum absolute atomic E-state index is 0.000384. The molecule has 5 nitrogen and oxygen atoms in total. The number of hydrogen-bond acceptors (Lipinski definition) is 3. The third-order valence-electron chi connectivity index (χ3n) is 7.23. The van der Waals surface area contributed by atoms with Gasteiger partial charge in [-0.15, -0.1) is 0 Å². The Hall–Kier alpha value is -1.54. The third kappa shape index (κ3) is 4.19. The van der Waals surface area contributed by atoms with Crippen molar-refractivity contribution in [3.05, 3.63) is 29.8 Å². The first kappa shape index (κ1) is 20.7. The minimum atomic E-state index is -4.00. The van der Waals surface area contributed by atoms with E-state index in [0.717, 1.165) is 29.9 Å². The number of halogens is 2. The highest BCUT2D eigenvalue weighted by atomic mass is 32.2. The molecule has 160 valence electrons. The zero-order valence-corrected chi connectivity index (χ0v) is 17.4. The molecule has 4 saturated carbocycles. The molecule has 0 radical (unpaired) electrons. The Morgan fingerprint density at radius 2 is 1.69 bits per heavy atom. The maximum atomic E-state index is 13.3. The van der Waals surface area contributed by atoms with Crippen molar-refractivity contribution in [2.75, 3.05) is 6.54 Å². The summed E-state index contributed by atoms with van der Waals surface area (Å²) in [5.41, 5.74) is 0.190. The molecule has 2 N–H and O–H groups in total. The molecular formula is C21H28F2N2O3S. The first-order valence-corrected chi connectivity index (χ1v) is 11.9. The van der Waals surface area contributed by atoms with Gasteiger partial charge in [0.05, 0.1) is 4.90 Å². The van der Waals surface area contributed by atoms with Crippen LogP contribution in [0.15, 0.2) is 23.1 Å². The van der Waals surface area contributed by atoms with Crippen molar-refractivity contribution in [1.29, 1.82) is 0 Å². The van der Waals surface area contributed by atoms with Gasteiger partial charge in [0.1, 0.15) is 0 Å². The number of hydrogen-bond donors (Lipinski definition) is 2. The Morgan fingerprint density at radius 1 is 1.10 bits per heavy atom. The molecule has 1 atom stereocenters. The quantitative estimate of drug-likeness (QED) is 0.702. The van der Waals surface area contributed by atoms with Crippen LogP contribution in [-0.2, 0) is 14.8 Å².